The van der Waals surface area contributed by atoms with E-state index in [0.717, 1.165) is 0 Å². The summed E-state index contributed by atoms with van der Waals surface area (Å²) in [5.41, 5.74) is -0.645. The van der Waals surface area contributed by atoms with Crippen molar-refractivity contribution < 1.29 is 24.6 Å². The maximum Gasteiger partial charge on any atom is 0.331 e. The quantitative estimate of drug-likeness (QED) is 0.375. The number of amides is 2. The average molecular weight is 490 g/mol. The van der Waals surface area contributed by atoms with E-state index in [1.807, 2.05) is 48.5 Å². The standard InChI is InChI=1S/C27H43N3O5/c1-16(2)19(15-17(3)25(34)35)30(10)24(33)22(26(4,5)6)29-23(32)21(28-9)27(7,8)18-13-11-12-14-20(18)31/h11-16,19,21-22,28,31H,1-10H3,(H,29,32)(H,34,35)/b17-15+/t19-,21-,22?/m1/s1. The molecule has 0 aliphatic rings. The fourth-order valence-electron chi connectivity index (χ4n) is 4.30. The Balaban J connectivity index is 3.34. The first-order valence-electron chi connectivity index (χ1n) is 11.9. The van der Waals surface area contributed by atoms with Gasteiger partial charge >= 0.3 is 5.97 Å². The van der Waals surface area contributed by atoms with Crippen LogP contribution in [0.5, 0.6) is 5.75 Å². The molecule has 0 heterocycles. The number of aromatic hydroxyl groups is 1. The molecule has 8 heteroatoms. The number of hydrogen-bond acceptors (Lipinski definition) is 5. The second-order valence-corrected chi connectivity index (χ2v) is 11.1. The van der Waals surface area contributed by atoms with E-state index in [4.69, 9.17) is 0 Å². The first-order chi connectivity index (χ1) is 16.0. The van der Waals surface area contributed by atoms with Crippen molar-refractivity contribution in [2.75, 3.05) is 14.1 Å². The number of likely N-dealkylation sites (N-methyl/N-ethyl adjacent to an activating group) is 2. The van der Waals surface area contributed by atoms with Gasteiger partial charge in [-0.05, 0) is 31.4 Å². The van der Waals surface area contributed by atoms with E-state index in [0.29, 0.717) is 5.56 Å². The Morgan fingerprint density at radius 2 is 1.57 bits per heavy atom. The smallest absolute Gasteiger partial charge is 0.331 e. The Morgan fingerprint density at radius 1 is 1.03 bits per heavy atom. The van der Waals surface area contributed by atoms with Gasteiger partial charge in [-0.1, -0.05) is 72.7 Å². The van der Waals surface area contributed by atoms with E-state index in [2.05, 4.69) is 10.6 Å². The number of carbonyl (C=O) groups is 3. The molecule has 1 aromatic rings. The third-order valence-electron chi connectivity index (χ3n) is 6.51. The largest absolute Gasteiger partial charge is 0.508 e. The minimum Gasteiger partial charge on any atom is -0.508 e. The van der Waals surface area contributed by atoms with E-state index in [9.17, 15) is 24.6 Å². The lowest BCUT2D eigenvalue weighted by molar-refractivity contribution is -0.141. The predicted molar refractivity (Wildman–Crippen MR) is 138 cm³/mol. The molecule has 0 radical (unpaired) electrons. The van der Waals surface area contributed by atoms with Crippen LogP contribution >= 0.6 is 0 Å². The second-order valence-electron chi connectivity index (χ2n) is 11.1. The number of aliphatic carboxylic acids is 1. The Labute approximate surface area is 209 Å². The van der Waals surface area contributed by atoms with Gasteiger partial charge in [0.1, 0.15) is 11.8 Å². The number of para-hydroxylation sites is 1. The number of nitrogens with zero attached hydrogens (tertiary/aromatic N) is 1. The Hall–Kier alpha value is -2.87. The second kappa shape index (κ2) is 11.7. The van der Waals surface area contributed by atoms with Gasteiger partial charge in [0.15, 0.2) is 0 Å². The summed E-state index contributed by atoms with van der Waals surface area (Å²) in [6.45, 7) is 14.7. The molecule has 35 heavy (non-hydrogen) atoms. The highest BCUT2D eigenvalue weighted by Gasteiger charge is 2.42. The Kier molecular flexibility index (Phi) is 10.1. The number of carbonyl (C=O) groups excluding carboxylic acids is 2. The van der Waals surface area contributed by atoms with Crippen LogP contribution in [0.1, 0.15) is 61.0 Å². The summed E-state index contributed by atoms with van der Waals surface area (Å²) < 4.78 is 0. The van der Waals surface area contributed by atoms with Crippen LogP contribution in [0, 0.1) is 11.3 Å². The van der Waals surface area contributed by atoms with E-state index >= 15 is 0 Å². The predicted octanol–water partition coefficient (Wildman–Crippen LogP) is 3.30. The summed E-state index contributed by atoms with van der Waals surface area (Å²) in [5, 5.41) is 25.7. The third-order valence-corrected chi connectivity index (χ3v) is 6.51. The van der Waals surface area contributed by atoms with Gasteiger partial charge in [0, 0.05) is 23.6 Å². The summed E-state index contributed by atoms with van der Waals surface area (Å²) in [4.78, 5) is 40.1. The summed E-state index contributed by atoms with van der Waals surface area (Å²) >= 11 is 0. The molecular formula is C27H43N3O5. The van der Waals surface area contributed by atoms with Gasteiger partial charge < -0.3 is 25.7 Å². The lowest BCUT2D eigenvalue weighted by Crippen LogP contribution is -2.61. The van der Waals surface area contributed by atoms with Crippen LogP contribution in [0.25, 0.3) is 0 Å². The maximum absolute atomic E-state index is 13.7. The monoisotopic (exact) mass is 489 g/mol. The Bertz CT molecular complexity index is 946. The highest BCUT2D eigenvalue weighted by atomic mass is 16.4. The Morgan fingerprint density at radius 3 is 2.00 bits per heavy atom. The van der Waals surface area contributed by atoms with Gasteiger partial charge in [0.05, 0.1) is 12.1 Å². The summed E-state index contributed by atoms with van der Waals surface area (Å²) in [5.74, 6) is -1.68. The zero-order chi connectivity index (χ0) is 27.3. The van der Waals surface area contributed by atoms with Crippen LogP contribution < -0.4 is 10.6 Å². The van der Waals surface area contributed by atoms with Gasteiger partial charge in [-0.25, -0.2) is 4.79 Å². The van der Waals surface area contributed by atoms with Gasteiger partial charge in [0.2, 0.25) is 11.8 Å². The average Bonchev–Trinajstić information content (AvgIpc) is 2.73. The molecule has 3 atom stereocenters. The summed E-state index contributed by atoms with van der Waals surface area (Å²) in [6.07, 6.45) is 1.57. The van der Waals surface area contributed by atoms with Crippen molar-refractivity contribution in [3.8, 4) is 5.75 Å². The van der Waals surface area contributed by atoms with Crippen LogP contribution in [0.2, 0.25) is 0 Å². The van der Waals surface area contributed by atoms with Crippen molar-refractivity contribution >= 4 is 17.8 Å². The molecule has 0 bridgehead atoms. The summed E-state index contributed by atoms with van der Waals surface area (Å²) in [7, 11) is 3.30. The maximum atomic E-state index is 13.7. The number of hydrogen-bond donors (Lipinski definition) is 4. The van der Waals surface area contributed by atoms with Crippen LogP contribution in [0.4, 0.5) is 0 Å². The number of carboxylic acids is 1. The van der Waals surface area contributed by atoms with Crippen LogP contribution in [-0.2, 0) is 19.8 Å². The molecular weight excluding hydrogens is 446 g/mol. The fourth-order valence-corrected chi connectivity index (χ4v) is 4.30. The topological polar surface area (TPSA) is 119 Å². The number of nitrogens with one attached hydrogen (secondary N) is 2. The lowest BCUT2D eigenvalue weighted by atomic mass is 9.76. The number of phenols is 1. The van der Waals surface area contributed by atoms with Crippen molar-refractivity contribution in [2.24, 2.45) is 11.3 Å². The van der Waals surface area contributed by atoms with Crippen molar-refractivity contribution in [1.82, 2.24) is 15.5 Å². The van der Waals surface area contributed by atoms with Crippen LogP contribution in [0.15, 0.2) is 35.9 Å². The molecule has 196 valence electrons. The van der Waals surface area contributed by atoms with E-state index in [-0.39, 0.29) is 29.1 Å². The van der Waals surface area contributed by atoms with E-state index in [1.165, 1.54) is 11.8 Å². The minimum atomic E-state index is -1.04. The van der Waals surface area contributed by atoms with E-state index < -0.39 is 34.9 Å². The molecule has 0 saturated carbocycles. The SMILES string of the molecule is CN[C@H](C(=O)NC(C(=O)N(C)[C@H](/C=C(\C)C(=O)O)C(C)C)C(C)(C)C)C(C)(C)c1ccccc1O. The van der Waals surface area contributed by atoms with Crippen LogP contribution in [0.3, 0.4) is 0 Å². The normalized spacial score (nSPS) is 15.3. The molecule has 2 amide bonds. The fraction of sp³-hybridized carbons (Fsp3) is 0.593. The highest BCUT2D eigenvalue weighted by molar-refractivity contribution is 5.91. The number of benzene rings is 1. The van der Waals surface area contributed by atoms with Crippen molar-refractivity contribution in [1.29, 1.82) is 0 Å². The highest BCUT2D eigenvalue weighted by Crippen LogP contribution is 2.34. The van der Waals surface area contributed by atoms with Gasteiger partial charge in [-0.3, -0.25) is 9.59 Å². The molecule has 0 saturated heterocycles. The van der Waals surface area contributed by atoms with Crippen LogP contribution in [-0.4, -0.2) is 65.1 Å². The molecule has 4 N–H and O–H groups in total. The number of phenolic OH excluding ortho intramolecular Hbond substituents is 1. The van der Waals surface area contributed by atoms with Crippen molar-refractivity contribution in [3.63, 3.8) is 0 Å². The molecule has 0 aromatic heterocycles. The molecule has 0 spiro atoms. The first-order valence-corrected chi connectivity index (χ1v) is 11.9. The molecule has 0 fully saturated rings. The molecule has 1 aromatic carbocycles. The molecule has 1 unspecified atom stereocenters. The molecule has 8 nitrogen and oxygen atoms in total. The van der Waals surface area contributed by atoms with Crippen molar-refractivity contribution in [3.05, 3.63) is 41.5 Å². The zero-order valence-corrected chi connectivity index (χ0v) is 22.8. The first kappa shape index (κ1) is 30.2. The molecule has 0 aliphatic carbocycles. The molecule has 0 aliphatic heterocycles. The number of carboxylic acid groups (broad SMARTS) is 1. The number of rotatable bonds is 10. The summed E-state index contributed by atoms with van der Waals surface area (Å²) in [6, 6.07) is 4.81. The third kappa shape index (κ3) is 7.31. The lowest BCUT2D eigenvalue weighted by Gasteiger charge is -2.40. The van der Waals surface area contributed by atoms with Gasteiger partial charge in [-0.15, -0.1) is 0 Å². The van der Waals surface area contributed by atoms with E-state index in [1.54, 1.807) is 44.4 Å². The van der Waals surface area contributed by atoms with Gasteiger partial charge in [-0.2, -0.15) is 0 Å². The zero-order valence-electron chi connectivity index (χ0n) is 22.8. The minimum absolute atomic E-state index is 0.0420. The molecule has 1 rings (SSSR count). The van der Waals surface area contributed by atoms with Crippen molar-refractivity contribution in [2.45, 2.75) is 78.9 Å². The van der Waals surface area contributed by atoms with Gasteiger partial charge in [0.25, 0.3) is 0 Å².